The summed E-state index contributed by atoms with van der Waals surface area (Å²) in [5.41, 5.74) is 8.31. The molecule has 1 saturated heterocycles. The molecule has 0 spiro atoms. The molecule has 0 aromatic rings. The van der Waals surface area contributed by atoms with Gasteiger partial charge in [0.2, 0.25) is 0 Å². The summed E-state index contributed by atoms with van der Waals surface area (Å²) in [6, 6.07) is 0. The normalized spacial score (nSPS) is 15.5. The molecule has 0 aromatic heterocycles. The van der Waals surface area contributed by atoms with Gasteiger partial charge in [-0.3, -0.25) is 0 Å². The zero-order valence-electron chi connectivity index (χ0n) is 10.4. The number of hydrogen-bond donors (Lipinski definition) is 2. The van der Waals surface area contributed by atoms with Crippen LogP contribution in [-0.4, -0.2) is 31.2 Å². The van der Waals surface area contributed by atoms with Crippen LogP contribution in [-0.2, 0) is 0 Å². The van der Waals surface area contributed by atoms with Crippen LogP contribution < -0.4 is 11.5 Å². The topological polar surface area (TPSA) is 99.6 Å². The van der Waals surface area contributed by atoms with Crippen LogP contribution in [0, 0.1) is 22.9 Å². The van der Waals surface area contributed by atoms with Crippen molar-refractivity contribution in [3.63, 3.8) is 0 Å². The van der Waals surface area contributed by atoms with E-state index in [0.29, 0.717) is 0 Å². The maximum absolute atomic E-state index is 7.10. The minimum absolute atomic E-state index is 1.25. The molecule has 92 valence electrons. The maximum Gasteiger partial charge on any atom is 0.173 e. The summed E-state index contributed by atoms with van der Waals surface area (Å²) < 4.78 is 1.36. The Morgan fingerprint density at radius 1 is 1.12 bits per heavy atom. The molecule has 1 aliphatic rings. The molecule has 5 heteroatoms. The molecular formula is C11H24N5+. The number of nitrogens with zero attached hydrogens (tertiary/aromatic N) is 3. The number of rotatable bonds is 3. The van der Waals surface area contributed by atoms with Gasteiger partial charge >= 0.3 is 0 Å². The van der Waals surface area contributed by atoms with Gasteiger partial charge < -0.3 is 16.0 Å². The highest BCUT2D eigenvalue weighted by Gasteiger charge is 2.25. The molecule has 1 fully saturated rings. The Labute approximate surface area is 98.8 Å². The van der Waals surface area contributed by atoms with Crippen molar-refractivity contribution in [1.82, 2.24) is 0 Å². The van der Waals surface area contributed by atoms with E-state index >= 15 is 0 Å². The molecule has 5 nitrogen and oxygen atoms in total. The zero-order valence-corrected chi connectivity index (χ0v) is 10.4. The lowest BCUT2D eigenvalue weighted by atomic mass is 10.3. The molecule has 1 aliphatic heterocycles. The highest BCUT2D eigenvalue weighted by Crippen LogP contribution is 2.16. The van der Waals surface area contributed by atoms with E-state index in [1.54, 1.807) is 0 Å². The molecular weight excluding hydrogens is 202 g/mol. The molecule has 4 N–H and O–H groups in total. The lowest BCUT2D eigenvalue weighted by Crippen LogP contribution is -2.41. The Morgan fingerprint density at radius 3 is 1.81 bits per heavy atom. The van der Waals surface area contributed by atoms with Crippen molar-refractivity contribution in [1.29, 1.82) is 10.5 Å². The Balaban J connectivity index is 0. The third-order valence-electron chi connectivity index (χ3n) is 2.70. The number of nitrogens with two attached hydrogens (primary N) is 2. The van der Waals surface area contributed by atoms with Gasteiger partial charge in [-0.1, -0.05) is 13.3 Å². The summed E-state index contributed by atoms with van der Waals surface area (Å²) in [6.07, 6.45) is 8.19. The standard InChI is InChI=1S/C9H20N.2CH2N2/c1-3-4-7-10(2)8-5-6-9-10;2*2-1-3/h3-9H2,1-2H3;2*2H2/q+1;;. The van der Waals surface area contributed by atoms with Crippen molar-refractivity contribution in [2.24, 2.45) is 11.5 Å². The van der Waals surface area contributed by atoms with E-state index < -0.39 is 0 Å². The smallest absolute Gasteiger partial charge is 0.173 e. The largest absolute Gasteiger partial charge is 0.337 e. The van der Waals surface area contributed by atoms with Gasteiger partial charge in [-0.2, -0.15) is 10.5 Å². The summed E-state index contributed by atoms with van der Waals surface area (Å²) in [6.45, 7) is 6.55. The van der Waals surface area contributed by atoms with E-state index in [9.17, 15) is 0 Å². The average Bonchev–Trinajstić information content (AvgIpc) is 2.65. The van der Waals surface area contributed by atoms with Crippen molar-refractivity contribution in [2.75, 3.05) is 26.7 Å². The van der Waals surface area contributed by atoms with E-state index in [2.05, 4.69) is 25.4 Å². The first kappa shape index (κ1) is 17.0. The molecule has 0 atom stereocenters. The fourth-order valence-corrected chi connectivity index (χ4v) is 1.86. The van der Waals surface area contributed by atoms with Crippen molar-refractivity contribution in [2.45, 2.75) is 32.6 Å². The monoisotopic (exact) mass is 226 g/mol. The Hall–Kier alpha value is -1.46. The van der Waals surface area contributed by atoms with Crippen LogP contribution in [0.15, 0.2) is 0 Å². The second-order valence-electron chi connectivity index (χ2n) is 4.11. The number of likely N-dealkylation sites (tertiary alicyclic amines) is 1. The van der Waals surface area contributed by atoms with Gasteiger partial charge in [0, 0.05) is 12.8 Å². The third kappa shape index (κ3) is 10.6. The minimum atomic E-state index is 1.25. The SMILES string of the molecule is CCCC[N+]1(C)CCCC1.N#CN.N#CN. The first-order valence-corrected chi connectivity index (χ1v) is 5.63. The van der Waals surface area contributed by atoms with Crippen molar-refractivity contribution < 1.29 is 4.48 Å². The fraction of sp³-hybridized carbons (Fsp3) is 0.818. The molecule has 0 aliphatic carbocycles. The van der Waals surface area contributed by atoms with E-state index in [4.69, 9.17) is 10.5 Å². The second kappa shape index (κ2) is 11.6. The molecule has 1 rings (SSSR count). The van der Waals surface area contributed by atoms with Gasteiger partial charge in [-0.15, -0.1) is 0 Å². The van der Waals surface area contributed by atoms with Crippen LogP contribution in [0.4, 0.5) is 0 Å². The van der Waals surface area contributed by atoms with Crippen LogP contribution in [0.25, 0.3) is 0 Å². The first-order chi connectivity index (χ1) is 7.60. The Morgan fingerprint density at radius 2 is 1.50 bits per heavy atom. The number of nitriles is 2. The summed E-state index contributed by atoms with van der Waals surface area (Å²) in [7, 11) is 2.41. The van der Waals surface area contributed by atoms with Gasteiger partial charge in [0.05, 0.1) is 26.7 Å². The summed E-state index contributed by atoms with van der Waals surface area (Å²) in [5.74, 6) is 0. The van der Waals surface area contributed by atoms with Crippen LogP contribution >= 0.6 is 0 Å². The van der Waals surface area contributed by atoms with E-state index in [-0.39, 0.29) is 0 Å². The molecule has 0 radical (unpaired) electrons. The number of unbranched alkanes of at least 4 members (excludes halogenated alkanes) is 1. The quantitative estimate of drug-likeness (QED) is 0.424. The van der Waals surface area contributed by atoms with Crippen molar-refractivity contribution >= 4 is 0 Å². The number of quaternary nitrogens is 1. The highest BCUT2D eigenvalue weighted by molar-refractivity contribution is 4.51. The first-order valence-electron chi connectivity index (χ1n) is 5.63. The molecule has 16 heavy (non-hydrogen) atoms. The lowest BCUT2D eigenvalue weighted by Gasteiger charge is -2.28. The van der Waals surface area contributed by atoms with Crippen LogP contribution in [0.5, 0.6) is 0 Å². The minimum Gasteiger partial charge on any atom is -0.337 e. The van der Waals surface area contributed by atoms with Gasteiger partial charge in [0.25, 0.3) is 0 Å². The predicted molar refractivity (Wildman–Crippen MR) is 64.5 cm³/mol. The van der Waals surface area contributed by atoms with E-state index in [1.165, 1.54) is 62.2 Å². The second-order valence-corrected chi connectivity index (χ2v) is 4.11. The van der Waals surface area contributed by atoms with Crippen LogP contribution in [0.3, 0.4) is 0 Å². The number of hydrogen-bond acceptors (Lipinski definition) is 4. The third-order valence-corrected chi connectivity index (χ3v) is 2.70. The van der Waals surface area contributed by atoms with Gasteiger partial charge in [-0.05, 0) is 6.42 Å². The molecule has 0 saturated carbocycles. The van der Waals surface area contributed by atoms with Gasteiger partial charge in [0.15, 0.2) is 12.4 Å². The van der Waals surface area contributed by atoms with Crippen LogP contribution in [0.2, 0.25) is 0 Å². The molecule has 0 aromatic carbocycles. The molecule has 0 bridgehead atoms. The van der Waals surface area contributed by atoms with Gasteiger partial charge in [-0.25, -0.2) is 0 Å². The summed E-state index contributed by atoms with van der Waals surface area (Å²) >= 11 is 0. The Bertz CT molecular complexity index is 208. The molecule has 0 unspecified atom stereocenters. The maximum atomic E-state index is 7.10. The van der Waals surface area contributed by atoms with E-state index in [1.807, 2.05) is 0 Å². The van der Waals surface area contributed by atoms with Crippen molar-refractivity contribution in [3.05, 3.63) is 0 Å². The fourth-order valence-electron chi connectivity index (χ4n) is 1.86. The van der Waals surface area contributed by atoms with E-state index in [0.717, 1.165) is 0 Å². The predicted octanol–water partition coefficient (Wildman–Crippen LogP) is 0.879. The van der Waals surface area contributed by atoms with Gasteiger partial charge in [0.1, 0.15) is 0 Å². The lowest BCUT2D eigenvalue weighted by molar-refractivity contribution is -0.897. The summed E-state index contributed by atoms with van der Waals surface area (Å²) in [5, 5.41) is 14.2. The molecule has 0 amide bonds. The zero-order chi connectivity index (χ0) is 12.9. The van der Waals surface area contributed by atoms with Crippen molar-refractivity contribution in [3.8, 4) is 12.4 Å². The summed E-state index contributed by atoms with van der Waals surface area (Å²) in [4.78, 5) is 0. The molecule has 1 heterocycles. The highest BCUT2D eigenvalue weighted by atomic mass is 15.3. The Kier molecular flexibility index (Phi) is 12.3. The van der Waals surface area contributed by atoms with Crippen LogP contribution in [0.1, 0.15) is 32.6 Å². The average molecular weight is 226 g/mol.